The summed E-state index contributed by atoms with van der Waals surface area (Å²) < 4.78 is 12.5. The average Bonchev–Trinajstić information content (AvgIpc) is 3.63. The van der Waals surface area contributed by atoms with Crippen LogP contribution in [0.1, 0.15) is 59.8 Å². The molecule has 2 aliphatic rings. The third-order valence-corrected chi connectivity index (χ3v) is 9.30. The highest BCUT2D eigenvalue weighted by Crippen LogP contribution is 2.32. The third-order valence-electron chi connectivity index (χ3n) is 9.30. The molecule has 0 bridgehead atoms. The van der Waals surface area contributed by atoms with E-state index in [1.807, 2.05) is 91.3 Å². The van der Waals surface area contributed by atoms with Crippen molar-refractivity contribution < 1.29 is 23.9 Å². The van der Waals surface area contributed by atoms with E-state index >= 15 is 0 Å². The van der Waals surface area contributed by atoms with Crippen LogP contribution in [-0.4, -0.2) is 83.7 Å². The van der Waals surface area contributed by atoms with Crippen LogP contribution in [0.3, 0.4) is 0 Å². The first-order chi connectivity index (χ1) is 26.5. The number of tetrazole rings is 1. The molecule has 0 radical (unpaired) electrons. The molecule has 5 aromatic rings. The topological polar surface area (TPSA) is 158 Å². The van der Waals surface area contributed by atoms with Crippen molar-refractivity contribution in [3.63, 3.8) is 0 Å². The van der Waals surface area contributed by atoms with Crippen LogP contribution < -0.4 is 5.32 Å². The van der Waals surface area contributed by atoms with Gasteiger partial charge in [-0.05, 0) is 83.3 Å². The van der Waals surface area contributed by atoms with Crippen molar-refractivity contribution >= 4 is 18.1 Å². The van der Waals surface area contributed by atoms with E-state index < -0.39 is 12.1 Å². The molecule has 2 aromatic carbocycles. The Hall–Kier alpha value is -6.18. The summed E-state index contributed by atoms with van der Waals surface area (Å²) in [4.78, 5) is 48.2. The summed E-state index contributed by atoms with van der Waals surface area (Å²) in [6.07, 6.45) is 11.5. The van der Waals surface area contributed by atoms with E-state index in [4.69, 9.17) is 9.47 Å². The number of nitrogens with one attached hydrogen (secondary N) is 1. The second kappa shape index (κ2) is 19.6. The standard InChI is InChI=1S/C20H22N6O2.C20H23N3O3/c27-20(28-15-17-6-2-1-3-7-17)25-13-10-18(25)19-22-23-24-26(19)12-5-9-16-8-4-11-21-14-16;24-19(22-12-5-9-16-8-4-11-21-14-16)18-10-13-23(18)20(25)26-15-17-6-2-1-3-7-17/h1-4,6-8,11,14,18H,5,9-10,12-13,15H2;1-4,6-8,11,14,18H,5,9-10,12-13,15H2,(H,22,24)/t2*18-/m00/s1. The molecule has 1 N–H and O–H groups in total. The summed E-state index contributed by atoms with van der Waals surface area (Å²) in [5, 5.41) is 15.0. The number of amides is 3. The largest absolute Gasteiger partial charge is 0.445 e. The van der Waals surface area contributed by atoms with Crippen molar-refractivity contribution in [2.24, 2.45) is 0 Å². The van der Waals surface area contributed by atoms with E-state index in [0.29, 0.717) is 38.4 Å². The minimum atomic E-state index is -0.435. The predicted molar refractivity (Wildman–Crippen MR) is 198 cm³/mol. The normalized spacial score (nSPS) is 15.9. The molecule has 0 unspecified atom stereocenters. The smallest absolute Gasteiger partial charge is 0.410 e. The molecule has 0 spiro atoms. The van der Waals surface area contributed by atoms with Crippen LogP contribution in [0.25, 0.3) is 0 Å². The number of pyridine rings is 2. The molecule has 3 amide bonds. The molecular formula is C40H45N9O5. The van der Waals surface area contributed by atoms with Crippen LogP contribution in [0, 0.1) is 0 Å². The van der Waals surface area contributed by atoms with Gasteiger partial charge in [0.1, 0.15) is 19.3 Å². The number of hydrogen-bond acceptors (Lipinski definition) is 10. The van der Waals surface area contributed by atoms with Gasteiger partial charge in [-0.15, -0.1) is 5.10 Å². The minimum Gasteiger partial charge on any atom is -0.445 e. The summed E-state index contributed by atoms with van der Waals surface area (Å²) in [5.41, 5.74) is 4.23. The Labute approximate surface area is 314 Å². The van der Waals surface area contributed by atoms with Gasteiger partial charge >= 0.3 is 12.2 Å². The quantitative estimate of drug-likeness (QED) is 0.148. The van der Waals surface area contributed by atoms with Gasteiger partial charge in [0.2, 0.25) is 5.91 Å². The molecule has 2 aliphatic heterocycles. The summed E-state index contributed by atoms with van der Waals surface area (Å²) in [5.74, 6) is 0.605. The molecule has 2 atom stereocenters. The van der Waals surface area contributed by atoms with Gasteiger partial charge in [0, 0.05) is 51.0 Å². The lowest BCUT2D eigenvalue weighted by atomic mass is 10.0. The maximum absolute atomic E-state index is 12.4. The van der Waals surface area contributed by atoms with Crippen molar-refractivity contribution in [1.29, 1.82) is 0 Å². The van der Waals surface area contributed by atoms with Gasteiger partial charge in [0.25, 0.3) is 0 Å². The Bertz CT molecular complexity index is 1900. The number of carbonyl (C=O) groups excluding carboxylic acids is 3. The van der Waals surface area contributed by atoms with Crippen molar-refractivity contribution in [2.45, 2.75) is 70.4 Å². The molecular weight excluding hydrogens is 686 g/mol. The fraction of sp³-hybridized carbons (Fsp3) is 0.350. The molecule has 280 valence electrons. The summed E-state index contributed by atoms with van der Waals surface area (Å²) in [6, 6.07) is 26.5. The lowest BCUT2D eigenvalue weighted by molar-refractivity contribution is -0.129. The van der Waals surface area contributed by atoms with Crippen molar-refractivity contribution in [3.05, 3.63) is 138 Å². The Morgan fingerprint density at radius 2 is 1.26 bits per heavy atom. The summed E-state index contributed by atoms with van der Waals surface area (Å²) in [7, 11) is 0. The Balaban J connectivity index is 0.000000185. The molecule has 14 nitrogen and oxygen atoms in total. The number of carbonyl (C=O) groups is 3. The molecule has 0 aliphatic carbocycles. The van der Waals surface area contributed by atoms with E-state index in [0.717, 1.165) is 48.8 Å². The van der Waals surface area contributed by atoms with Gasteiger partial charge < -0.3 is 14.8 Å². The monoisotopic (exact) mass is 731 g/mol. The molecule has 5 heterocycles. The van der Waals surface area contributed by atoms with Crippen LogP contribution in [0.15, 0.2) is 110 Å². The number of ether oxygens (including phenoxy) is 2. The second-order valence-corrected chi connectivity index (χ2v) is 13.1. The van der Waals surface area contributed by atoms with Gasteiger partial charge in [0.05, 0.1) is 6.04 Å². The highest BCUT2D eigenvalue weighted by molar-refractivity contribution is 5.87. The molecule has 7 rings (SSSR count). The maximum atomic E-state index is 12.4. The lowest BCUT2D eigenvalue weighted by Gasteiger charge is -2.38. The van der Waals surface area contributed by atoms with E-state index in [2.05, 4.69) is 36.9 Å². The fourth-order valence-corrected chi connectivity index (χ4v) is 6.11. The van der Waals surface area contributed by atoms with Crippen LogP contribution in [0.4, 0.5) is 9.59 Å². The highest BCUT2D eigenvalue weighted by atomic mass is 16.6. The number of benzene rings is 2. The number of aryl methyl sites for hydroxylation is 3. The van der Waals surface area contributed by atoms with Crippen molar-refractivity contribution in [2.75, 3.05) is 19.6 Å². The van der Waals surface area contributed by atoms with Gasteiger partial charge in [-0.1, -0.05) is 72.8 Å². The minimum absolute atomic E-state index is 0.112. The highest BCUT2D eigenvalue weighted by Gasteiger charge is 2.39. The number of likely N-dealkylation sites (tertiary alicyclic amines) is 2. The fourth-order valence-electron chi connectivity index (χ4n) is 6.11. The van der Waals surface area contributed by atoms with Crippen LogP contribution in [0.5, 0.6) is 0 Å². The average molecular weight is 732 g/mol. The molecule has 2 fully saturated rings. The summed E-state index contributed by atoms with van der Waals surface area (Å²) >= 11 is 0. The van der Waals surface area contributed by atoms with Crippen molar-refractivity contribution in [3.8, 4) is 0 Å². The molecule has 14 heteroatoms. The van der Waals surface area contributed by atoms with Crippen LogP contribution in [-0.2, 0) is 46.9 Å². The van der Waals surface area contributed by atoms with Gasteiger partial charge in [0.15, 0.2) is 5.82 Å². The first-order valence-corrected chi connectivity index (χ1v) is 18.3. The zero-order chi connectivity index (χ0) is 37.4. The molecule has 54 heavy (non-hydrogen) atoms. The molecule has 0 saturated carbocycles. The Kier molecular flexibility index (Phi) is 13.6. The lowest BCUT2D eigenvalue weighted by Crippen LogP contribution is -2.58. The van der Waals surface area contributed by atoms with E-state index in [-0.39, 0.29) is 31.3 Å². The first-order valence-electron chi connectivity index (χ1n) is 18.3. The van der Waals surface area contributed by atoms with Gasteiger partial charge in [-0.25, -0.2) is 14.3 Å². The van der Waals surface area contributed by atoms with E-state index in [1.165, 1.54) is 10.5 Å². The van der Waals surface area contributed by atoms with Gasteiger partial charge in [-0.3, -0.25) is 24.6 Å². The van der Waals surface area contributed by atoms with Crippen LogP contribution in [0.2, 0.25) is 0 Å². The second-order valence-electron chi connectivity index (χ2n) is 13.1. The van der Waals surface area contributed by atoms with Crippen molar-refractivity contribution in [1.82, 2.24) is 45.3 Å². The van der Waals surface area contributed by atoms with Gasteiger partial charge in [-0.2, -0.15) is 0 Å². The third kappa shape index (κ3) is 10.7. The van der Waals surface area contributed by atoms with E-state index in [9.17, 15) is 14.4 Å². The predicted octanol–water partition coefficient (Wildman–Crippen LogP) is 5.33. The number of aromatic nitrogens is 6. The Morgan fingerprint density at radius 3 is 1.80 bits per heavy atom. The molecule has 2 saturated heterocycles. The SMILES string of the molecule is O=C(NCCCc1cccnc1)[C@@H]1CCN1C(=O)OCc1ccccc1.O=C(OCc1ccccc1)N1CC[C@H]1c1nnnn1CCCc1cccnc1. The summed E-state index contributed by atoms with van der Waals surface area (Å²) in [6.45, 7) is 2.97. The zero-order valence-electron chi connectivity index (χ0n) is 30.2. The number of hydrogen-bond donors (Lipinski definition) is 1. The first kappa shape index (κ1) is 37.6. The number of nitrogens with zero attached hydrogens (tertiary/aromatic N) is 8. The maximum Gasteiger partial charge on any atom is 0.410 e. The van der Waals surface area contributed by atoms with Crippen LogP contribution >= 0.6 is 0 Å². The molecule has 3 aromatic heterocycles. The Morgan fingerprint density at radius 1 is 0.685 bits per heavy atom. The zero-order valence-corrected chi connectivity index (χ0v) is 30.2. The number of rotatable bonds is 14. The van der Waals surface area contributed by atoms with E-state index in [1.54, 1.807) is 22.0 Å².